The van der Waals surface area contributed by atoms with Gasteiger partial charge in [0.15, 0.2) is 6.10 Å². The number of amides is 8. The summed E-state index contributed by atoms with van der Waals surface area (Å²) in [5.74, 6) is -3.81. The molecule has 2 heterocycles. The molecule has 0 bridgehead atoms. The first-order valence-electron chi connectivity index (χ1n) is 17.9. The van der Waals surface area contributed by atoms with E-state index < -0.39 is 66.2 Å². The maximum absolute atomic E-state index is 13.5. The topological polar surface area (TPSA) is 271 Å². The van der Waals surface area contributed by atoms with Crippen LogP contribution in [0.25, 0.3) is 0 Å². The summed E-state index contributed by atoms with van der Waals surface area (Å²) >= 11 is 0. The van der Waals surface area contributed by atoms with Gasteiger partial charge in [-0.3, -0.25) is 33.7 Å². The fourth-order valence-corrected chi connectivity index (χ4v) is 5.81. The second-order valence-electron chi connectivity index (χ2n) is 13.4. The number of imide groups is 1. The van der Waals surface area contributed by atoms with Crippen molar-refractivity contribution in [2.24, 2.45) is 11.7 Å². The van der Waals surface area contributed by atoms with Gasteiger partial charge in [0.1, 0.15) is 30.4 Å². The lowest BCUT2D eigenvalue weighted by molar-refractivity contribution is -0.140. The molecule has 0 saturated carbocycles. The van der Waals surface area contributed by atoms with E-state index in [4.69, 9.17) is 10.5 Å². The van der Waals surface area contributed by atoms with Crippen LogP contribution < -0.4 is 37.9 Å². The molecule has 0 aromatic heterocycles. The van der Waals surface area contributed by atoms with Crippen molar-refractivity contribution < 1.29 is 53.0 Å². The predicted molar refractivity (Wildman–Crippen MR) is 191 cm³/mol. The van der Waals surface area contributed by atoms with Crippen LogP contribution in [0.15, 0.2) is 36.4 Å². The molecule has 8 amide bonds. The van der Waals surface area contributed by atoms with E-state index >= 15 is 0 Å². The number of aliphatic hydroxyl groups is 2. The second-order valence-corrected chi connectivity index (χ2v) is 13.4. The Morgan fingerprint density at radius 1 is 0.889 bits per heavy atom. The summed E-state index contributed by atoms with van der Waals surface area (Å²) in [6.07, 6.45) is -1.07. The molecule has 10 N–H and O–H groups in total. The number of unbranched alkanes of at least 4 members (excludes halogenated alkanes) is 2. The Labute approximate surface area is 312 Å². The fraction of sp³-hybridized carbons (Fsp3) is 0.571. The van der Waals surface area contributed by atoms with Crippen LogP contribution >= 0.6 is 0 Å². The monoisotopic (exact) mass is 762 g/mol. The molecule has 6 atom stereocenters. The number of carbonyl (C=O) groups excluding carboxylic acids is 7. The van der Waals surface area contributed by atoms with Crippen LogP contribution in [0.1, 0.15) is 57.9 Å². The molecule has 1 fully saturated rings. The van der Waals surface area contributed by atoms with Crippen molar-refractivity contribution in [2.45, 2.75) is 95.3 Å². The molecule has 54 heavy (non-hydrogen) atoms. The lowest BCUT2D eigenvalue weighted by atomic mass is 10.0. The van der Waals surface area contributed by atoms with Gasteiger partial charge >= 0.3 is 6.03 Å². The lowest BCUT2D eigenvalue weighted by Crippen LogP contribution is -2.57. The minimum absolute atomic E-state index is 0.0826. The highest BCUT2D eigenvalue weighted by Crippen LogP contribution is 2.22. The van der Waals surface area contributed by atoms with Gasteiger partial charge in [0.05, 0.1) is 0 Å². The van der Waals surface area contributed by atoms with Crippen LogP contribution in [0.5, 0.6) is 0 Å². The molecule has 3 rings (SSSR count). The number of urea groups is 1. The first-order valence-corrected chi connectivity index (χ1v) is 17.9. The normalized spacial score (nSPS) is 20.4. The second kappa shape index (κ2) is 21.7. The number of nitrogens with zero attached hydrogens (tertiary/aromatic N) is 1. The molecule has 2 unspecified atom stereocenters. The third-order valence-corrected chi connectivity index (χ3v) is 8.89. The minimum atomic E-state index is -1.68. The standard InChI is InChI=1S/C35H51FN8O10/c1-20(2)28(33(51)42-23(7-6-16-38-35(37)53)32(50)41-22-11-9-21(10-12-22)15-17-40-36)43-34(52)31-30(49)29(48)24(54-31)19-39-25(45)8-4-3-5-18-44-26(46)13-14-27(44)47/h9-14,20,23-24,28-31,40,48-49H,3-8,15-19H2,1-2H3,(H,39,45)(H,41,50)(H,42,51)(H,43,52)(H3,37,38,53)/t23?,24-,28?,29+,30+,31-/m1/s1. The van der Waals surface area contributed by atoms with Gasteiger partial charge in [0.2, 0.25) is 17.7 Å². The summed E-state index contributed by atoms with van der Waals surface area (Å²) in [4.78, 5) is 88.0. The zero-order valence-electron chi connectivity index (χ0n) is 30.3. The maximum atomic E-state index is 13.5. The molecule has 18 nitrogen and oxygen atoms in total. The molecule has 0 spiro atoms. The van der Waals surface area contributed by atoms with Crippen molar-refractivity contribution in [3.63, 3.8) is 0 Å². The molecule has 298 valence electrons. The van der Waals surface area contributed by atoms with E-state index in [0.717, 1.165) is 10.5 Å². The van der Waals surface area contributed by atoms with Crippen LogP contribution in [0, 0.1) is 5.92 Å². The van der Waals surface area contributed by atoms with Gasteiger partial charge in [0.25, 0.3) is 17.7 Å². The van der Waals surface area contributed by atoms with E-state index in [1.165, 1.54) is 12.2 Å². The van der Waals surface area contributed by atoms with Gasteiger partial charge < -0.3 is 47.3 Å². The fourth-order valence-electron chi connectivity index (χ4n) is 5.81. The van der Waals surface area contributed by atoms with Crippen molar-refractivity contribution in [3.8, 4) is 0 Å². The molecule has 19 heteroatoms. The number of primary amides is 1. The van der Waals surface area contributed by atoms with Gasteiger partial charge in [-0.25, -0.2) is 4.79 Å². The minimum Gasteiger partial charge on any atom is -0.388 e. The number of ether oxygens (including phenoxy) is 1. The van der Waals surface area contributed by atoms with Crippen molar-refractivity contribution in [1.29, 1.82) is 0 Å². The zero-order chi connectivity index (χ0) is 39.8. The number of hydrogen-bond acceptors (Lipinski definition) is 11. The number of nitrogens with two attached hydrogens (primary N) is 1. The molecule has 1 aromatic rings. The first kappa shape index (κ1) is 43.4. The third kappa shape index (κ3) is 13.5. The quantitative estimate of drug-likeness (QED) is 0.0385. The van der Waals surface area contributed by atoms with Crippen LogP contribution in [0.3, 0.4) is 0 Å². The summed E-state index contributed by atoms with van der Waals surface area (Å²) < 4.78 is 17.9. The van der Waals surface area contributed by atoms with E-state index in [0.29, 0.717) is 31.4 Å². The lowest BCUT2D eigenvalue weighted by Gasteiger charge is -2.26. The largest absolute Gasteiger partial charge is 0.388 e. The molecule has 0 aliphatic carbocycles. The Hall–Kier alpha value is -4.98. The van der Waals surface area contributed by atoms with Crippen molar-refractivity contribution in [1.82, 2.24) is 31.7 Å². The van der Waals surface area contributed by atoms with Crippen LogP contribution in [-0.2, 0) is 39.9 Å². The number of carbonyl (C=O) groups is 7. The molecule has 1 aromatic carbocycles. The van der Waals surface area contributed by atoms with Crippen LogP contribution in [0.2, 0.25) is 0 Å². The first-order chi connectivity index (χ1) is 25.7. The van der Waals surface area contributed by atoms with Gasteiger partial charge in [-0.15, -0.1) is 4.48 Å². The molecule has 2 aliphatic heterocycles. The molecule has 1 saturated heterocycles. The van der Waals surface area contributed by atoms with Crippen LogP contribution in [-0.4, -0.2) is 119 Å². The Balaban J connectivity index is 1.53. The Morgan fingerprint density at radius 3 is 2.20 bits per heavy atom. The van der Waals surface area contributed by atoms with E-state index in [1.807, 2.05) is 0 Å². The number of anilines is 1. The number of rotatable bonds is 22. The smallest absolute Gasteiger partial charge is 0.312 e. The van der Waals surface area contributed by atoms with Crippen molar-refractivity contribution in [2.75, 3.05) is 31.5 Å². The van der Waals surface area contributed by atoms with Gasteiger partial charge in [-0.2, -0.15) is 5.54 Å². The van der Waals surface area contributed by atoms with Gasteiger partial charge in [0, 0.05) is 50.4 Å². The van der Waals surface area contributed by atoms with E-state index in [-0.39, 0.29) is 63.2 Å². The van der Waals surface area contributed by atoms with Crippen LogP contribution in [0.4, 0.5) is 15.0 Å². The molecular weight excluding hydrogens is 711 g/mol. The number of aliphatic hydroxyl groups excluding tert-OH is 2. The molecule has 2 aliphatic rings. The van der Waals surface area contributed by atoms with Gasteiger partial charge in [-0.05, 0) is 55.7 Å². The van der Waals surface area contributed by atoms with Crippen molar-refractivity contribution in [3.05, 3.63) is 42.0 Å². The Morgan fingerprint density at radius 2 is 1.57 bits per heavy atom. The van der Waals surface area contributed by atoms with E-state index in [9.17, 15) is 48.3 Å². The Bertz CT molecular complexity index is 1490. The third-order valence-electron chi connectivity index (χ3n) is 8.89. The van der Waals surface area contributed by atoms with Gasteiger partial charge in [-0.1, -0.05) is 32.4 Å². The summed E-state index contributed by atoms with van der Waals surface area (Å²) in [6.45, 7) is 3.59. The zero-order valence-corrected chi connectivity index (χ0v) is 30.3. The Kier molecular flexibility index (Phi) is 17.4. The summed E-state index contributed by atoms with van der Waals surface area (Å²) in [5, 5.41) is 34.2. The molecular formula is C35H51FN8O10. The van der Waals surface area contributed by atoms with Crippen molar-refractivity contribution >= 4 is 47.2 Å². The summed E-state index contributed by atoms with van der Waals surface area (Å²) in [7, 11) is 0. The SMILES string of the molecule is CC(C)C(NC(=O)[C@@H]1O[C@H](CNC(=O)CCCCCN2C(=O)C=CC2=O)[C@H](O)[C@@H]1O)C(=O)NC(CCCNC(N)=O)C(=O)Nc1ccc(CCNF)cc1. The highest BCUT2D eigenvalue weighted by molar-refractivity contribution is 6.12. The summed E-state index contributed by atoms with van der Waals surface area (Å²) in [5.41, 5.74) is 7.94. The highest BCUT2D eigenvalue weighted by atomic mass is 19.2. The van der Waals surface area contributed by atoms with E-state index in [2.05, 4.69) is 26.6 Å². The average Bonchev–Trinajstić information content (AvgIpc) is 3.61. The average molecular weight is 763 g/mol. The number of benzene rings is 1. The number of hydrogen-bond donors (Lipinski definition) is 9. The maximum Gasteiger partial charge on any atom is 0.312 e. The predicted octanol–water partition coefficient (Wildman–Crippen LogP) is -1.19. The van der Waals surface area contributed by atoms with E-state index in [1.54, 1.807) is 43.7 Å². The number of halogens is 1. The number of nitrogens with one attached hydrogen (secondary N) is 6. The highest BCUT2D eigenvalue weighted by Gasteiger charge is 2.47. The summed E-state index contributed by atoms with van der Waals surface area (Å²) in [6, 6.07) is 3.61. The molecule has 0 radical (unpaired) electrons.